The maximum Gasteiger partial charge on any atom is 0.00837 e. The van der Waals surface area contributed by atoms with Crippen molar-refractivity contribution in [1.82, 2.24) is 0 Å². The Labute approximate surface area is 154 Å². The molecule has 1 nitrogen and oxygen atoms in total. The summed E-state index contributed by atoms with van der Waals surface area (Å²) in [6, 6.07) is 0.344. The molecule has 25 heavy (non-hydrogen) atoms. The summed E-state index contributed by atoms with van der Waals surface area (Å²) < 4.78 is 0. The van der Waals surface area contributed by atoms with Crippen molar-refractivity contribution in [1.29, 1.82) is 0 Å². The van der Waals surface area contributed by atoms with Gasteiger partial charge in [0.2, 0.25) is 0 Å². The van der Waals surface area contributed by atoms with E-state index < -0.39 is 0 Å². The van der Waals surface area contributed by atoms with Crippen molar-refractivity contribution in [3.63, 3.8) is 0 Å². The van der Waals surface area contributed by atoms with E-state index >= 15 is 0 Å². The molecule has 0 amide bonds. The predicted molar refractivity (Wildman–Crippen MR) is 107 cm³/mol. The van der Waals surface area contributed by atoms with E-state index in [4.69, 9.17) is 5.73 Å². The summed E-state index contributed by atoms with van der Waals surface area (Å²) in [6.07, 6.45) is 12.5. The van der Waals surface area contributed by atoms with Crippen LogP contribution in [0, 0.1) is 34.5 Å². The topological polar surface area (TPSA) is 26.0 Å². The Morgan fingerprint density at radius 3 is 2.72 bits per heavy atom. The molecule has 0 bridgehead atoms. The molecule has 138 valence electrons. The zero-order chi connectivity index (χ0) is 18.0. The van der Waals surface area contributed by atoms with Gasteiger partial charge in [-0.1, -0.05) is 56.7 Å². The van der Waals surface area contributed by atoms with Crippen LogP contribution >= 0.6 is 0 Å². The lowest BCUT2D eigenvalue weighted by Crippen LogP contribution is -2.59. The summed E-state index contributed by atoms with van der Waals surface area (Å²) in [5.74, 6) is 3.05. The molecule has 0 radical (unpaired) electrons. The Morgan fingerprint density at radius 1 is 1.24 bits per heavy atom. The van der Waals surface area contributed by atoms with Gasteiger partial charge in [-0.3, -0.25) is 0 Å². The van der Waals surface area contributed by atoms with Gasteiger partial charge in [0.1, 0.15) is 0 Å². The van der Waals surface area contributed by atoms with Gasteiger partial charge < -0.3 is 5.73 Å². The van der Waals surface area contributed by atoms with Crippen LogP contribution in [-0.4, -0.2) is 6.04 Å². The highest BCUT2D eigenvalue weighted by Crippen LogP contribution is 2.67. The van der Waals surface area contributed by atoms with Crippen molar-refractivity contribution in [2.24, 2.45) is 40.2 Å². The number of allylic oxidation sites excluding steroid dienone is 4. The van der Waals surface area contributed by atoms with E-state index in [1.165, 1.54) is 49.7 Å². The van der Waals surface area contributed by atoms with E-state index in [1.807, 2.05) is 0 Å². The summed E-state index contributed by atoms with van der Waals surface area (Å²) in [5.41, 5.74) is 12.2. The zero-order valence-electron chi connectivity index (χ0n) is 16.6. The van der Waals surface area contributed by atoms with Crippen LogP contribution in [0.25, 0.3) is 0 Å². The van der Waals surface area contributed by atoms with Gasteiger partial charge in [-0.25, -0.2) is 0 Å². The van der Waals surface area contributed by atoms with Gasteiger partial charge in [0.15, 0.2) is 0 Å². The monoisotopic (exact) mass is 339 g/mol. The molecule has 3 saturated carbocycles. The molecule has 0 aromatic heterocycles. The van der Waals surface area contributed by atoms with Crippen molar-refractivity contribution >= 4 is 0 Å². The third-order valence-electron chi connectivity index (χ3n) is 9.03. The van der Waals surface area contributed by atoms with Crippen LogP contribution < -0.4 is 5.73 Å². The highest BCUT2D eigenvalue weighted by atomic mass is 14.8. The molecule has 3 fully saturated rings. The lowest BCUT2D eigenvalue weighted by Gasteiger charge is -2.60. The van der Waals surface area contributed by atoms with Crippen molar-refractivity contribution in [2.75, 3.05) is 0 Å². The van der Waals surface area contributed by atoms with E-state index in [9.17, 15) is 0 Å². The molecule has 4 aliphatic carbocycles. The fourth-order valence-corrected chi connectivity index (χ4v) is 7.83. The smallest absolute Gasteiger partial charge is 0.00837 e. The van der Waals surface area contributed by atoms with Crippen molar-refractivity contribution in [2.45, 2.75) is 78.2 Å². The fraction of sp³-hybridized carbons (Fsp3) is 0.750. The van der Waals surface area contributed by atoms with Crippen LogP contribution in [0.2, 0.25) is 0 Å². The van der Waals surface area contributed by atoms with Gasteiger partial charge in [0.05, 0.1) is 0 Å². The Hall–Kier alpha value is -0.820. The number of fused-ring (bicyclic) bond motifs is 5. The molecule has 0 aromatic rings. The minimum Gasteiger partial charge on any atom is -0.327 e. The standard InChI is InChI=1S/C24H37N/c1-6-16(3)19-9-10-20-18-8-7-17-13-15(2)11-12-23(17,4)22(18)21(25)14-24(19,20)5/h13,18-22H,2-3,6-12,14,25H2,1,4-5H3. The molecular formula is C24H37N. The minimum atomic E-state index is 0.324. The fourth-order valence-electron chi connectivity index (χ4n) is 7.83. The summed E-state index contributed by atoms with van der Waals surface area (Å²) in [7, 11) is 0. The molecular weight excluding hydrogens is 302 g/mol. The molecule has 7 atom stereocenters. The summed E-state index contributed by atoms with van der Waals surface area (Å²) >= 11 is 0. The third-order valence-corrected chi connectivity index (χ3v) is 9.03. The maximum atomic E-state index is 6.98. The first-order chi connectivity index (χ1) is 11.8. The molecule has 0 aromatic carbocycles. The average Bonchev–Trinajstić information content (AvgIpc) is 2.91. The summed E-state index contributed by atoms with van der Waals surface area (Å²) in [4.78, 5) is 0. The molecule has 4 aliphatic rings. The molecule has 4 rings (SSSR count). The number of hydrogen-bond acceptors (Lipinski definition) is 1. The molecule has 7 unspecified atom stereocenters. The van der Waals surface area contributed by atoms with Crippen molar-refractivity contribution in [3.05, 3.63) is 36.0 Å². The first kappa shape index (κ1) is 17.6. The Morgan fingerprint density at radius 2 is 2.00 bits per heavy atom. The van der Waals surface area contributed by atoms with Gasteiger partial charge in [-0.15, -0.1) is 0 Å². The maximum absolute atomic E-state index is 6.98. The number of hydrogen-bond donors (Lipinski definition) is 1. The van der Waals surface area contributed by atoms with Gasteiger partial charge in [0.25, 0.3) is 0 Å². The van der Waals surface area contributed by atoms with Gasteiger partial charge in [-0.2, -0.15) is 0 Å². The third kappa shape index (κ3) is 2.37. The van der Waals surface area contributed by atoms with Gasteiger partial charge >= 0.3 is 0 Å². The summed E-state index contributed by atoms with van der Waals surface area (Å²) in [6.45, 7) is 16.1. The van der Waals surface area contributed by atoms with Crippen LogP contribution in [0.1, 0.15) is 72.1 Å². The quantitative estimate of drug-likeness (QED) is 0.611. The first-order valence-corrected chi connectivity index (χ1v) is 10.6. The zero-order valence-corrected chi connectivity index (χ0v) is 16.6. The van der Waals surface area contributed by atoms with E-state index in [1.54, 1.807) is 5.57 Å². The first-order valence-electron chi connectivity index (χ1n) is 10.6. The number of rotatable bonds is 2. The van der Waals surface area contributed by atoms with Crippen LogP contribution in [-0.2, 0) is 0 Å². The van der Waals surface area contributed by atoms with Crippen LogP contribution in [0.5, 0.6) is 0 Å². The highest BCUT2D eigenvalue weighted by Gasteiger charge is 2.61. The van der Waals surface area contributed by atoms with Crippen LogP contribution in [0.3, 0.4) is 0 Å². The lowest BCUT2D eigenvalue weighted by molar-refractivity contribution is -0.0589. The average molecular weight is 340 g/mol. The largest absolute Gasteiger partial charge is 0.327 e. The van der Waals surface area contributed by atoms with Gasteiger partial charge in [0, 0.05) is 6.04 Å². The van der Waals surface area contributed by atoms with Gasteiger partial charge in [-0.05, 0) is 85.9 Å². The second-order valence-electron chi connectivity index (χ2n) is 10.1. The molecule has 2 N–H and O–H groups in total. The second-order valence-corrected chi connectivity index (χ2v) is 10.1. The predicted octanol–water partition coefficient (Wildman–Crippen LogP) is 6.03. The Balaban J connectivity index is 1.70. The second kappa shape index (κ2) is 5.84. The highest BCUT2D eigenvalue weighted by molar-refractivity contribution is 5.34. The van der Waals surface area contributed by atoms with E-state index in [-0.39, 0.29) is 0 Å². The SMILES string of the molecule is C=C1C=C2CCC3C(C(N)CC4(C)C(C(=C)CC)CCC34)C2(C)CC1. The van der Waals surface area contributed by atoms with E-state index in [2.05, 4.69) is 40.0 Å². The van der Waals surface area contributed by atoms with E-state index in [0.717, 1.165) is 24.7 Å². The number of nitrogens with two attached hydrogens (primary N) is 1. The van der Waals surface area contributed by atoms with Crippen molar-refractivity contribution in [3.8, 4) is 0 Å². The molecule has 0 spiro atoms. The summed E-state index contributed by atoms with van der Waals surface area (Å²) in [5, 5.41) is 0. The molecule has 1 heteroatoms. The lowest BCUT2D eigenvalue weighted by atomic mass is 9.45. The Bertz CT molecular complexity index is 628. The molecule has 0 heterocycles. The Kier molecular flexibility index (Phi) is 4.11. The van der Waals surface area contributed by atoms with Crippen molar-refractivity contribution < 1.29 is 0 Å². The van der Waals surface area contributed by atoms with E-state index in [0.29, 0.717) is 28.7 Å². The van der Waals surface area contributed by atoms with Crippen LogP contribution in [0.15, 0.2) is 36.0 Å². The minimum absolute atomic E-state index is 0.324. The molecule has 0 aliphatic heterocycles. The van der Waals surface area contributed by atoms with Crippen LogP contribution in [0.4, 0.5) is 0 Å². The normalized spacial score (nSPS) is 49.0. The molecule has 0 saturated heterocycles.